The summed E-state index contributed by atoms with van der Waals surface area (Å²) in [7, 11) is 0. The summed E-state index contributed by atoms with van der Waals surface area (Å²) >= 11 is 0. The molecule has 0 saturated carbocycles. The molecule has 4 nitrogen and oxygen atoms in total. The van der Waals surface area contributed by atoms with Crippen LogP contribution in [0.3, 0.4) is 0 Å². The molecule has 0 spiro atoms. The predicted molar refractivity (Wildman–Crippen MR) is 230 cm³/mol. The number of allylic oxidation sites excluding steroid dienone is 1. The van der Waals surface area contributed by atoms with Crippen molar-refractivity contribution in [1.29, 1.82) is 0 Å². The van der Waals surface area contributed by atoms with Crippen molar-refractivity contribution < 1.29 is 15.0 Å². The molecular formula is C48H95NO3. The van der Waals surface area contributed by atoms with E-state index in [4.69, 9.17) is 0 Å². The number of amides is 1. The van der Waals surface area contributed by atoms with Gasteiger partial charge < -0.3 is 15.5 Å². The number of aliphatic hydroxyl groups excluding tert-OH is 2. The summed E-state index contributed by atoms with van der Waals surface area (Å²) in [5.41, 5.74) is 0. The number of rotatable bonds is 44. The third kappa shape index (κ3) is 40.3. The highest BCUT2D eigenvalue weighted by Gasteiger charge is 2.18. The lowest BCUT2D eigenvalue weighted by Gasteiger charge is -2.20. The van der Waals surface area contributed by atoms with Crippen molar-refractivity contribution in [3.8, 4) is 0 Å². The predicted octanol–water partition coefficient (Wildman–Crippen LogP) is 15.0. The minimum Gasteiger partial charge on any atom is -0.394 e. The molecule has 0 aromatic heterocycles. The Kier molecular flexibility index (Phi) is 43.8. The van der Waals surface area contributed by atoms with Crippen LogP contribution >= 0.6 is 0 Å². The number of hydrogen-bond donors (Lipinski definition) is 3. The first-order chi connectivity index (χ1) is 25.7. The zero-order valence-corrected chi connectivity index (χ0v) is 35.6. The number of carbonyl (C=O) groups is 1. The lowest BCUT2D eigenvalue weighted by molar-refractivity contribution is -0.123. The van der Waals surface area contributed by atoms with Gasteiger partial charge in [0.15, 0.2) is 0 Å². The van der Waals surface area contributed by atoms with Gasteiger partial charge in [-0.25, -0.2) is 0 Å². The molecule has 2 atom stereocenters. The zero-order chi connectivity index (χ0) is 37.8. The van der Waals surface area contributed by atoms with Crippen LogP contribution in [-0.2, 0) is 4.79 Å². The maximum absolute atomic E-state index is 12.4. The Morgan fingerprint density at radius 3 is 1.00 bits per heavy atom. The second kappa shape index (κ2) is 44.5. The molecule has 52 heavy (non-hydrogen) atoms. The molecule has 0 radical (unpaired) electrons. The Morgan fingerprint density at radius 1 is 0.442 bits per heavy atom. The SMILES string of the molecule is CCCCCCCCCCCCCC=CC(O)C(CO)NC(=O)CCCCCCCCCCCCCCCCCCCCCCCCCCCCC. The molecule has 0 fully saturated rings. The Labute approximate surface area is 327 Å². The molecule has 0 heterocycles. The largest absolute Gasteiger partial charge is 0.394 e. The van der Waals surface area contributed by atoms with Crippen LogP contribution in [-0.4, -0.2) is 34.9 Å². The summed E-state index contributed by atoms with van der Waals surface area (Å²) in [6.07, 6.45) is 56.3. The summed E-state index contributed by atoms with van der Waals surface area (Å²) in [5.74, 6) is -0.0588. The highest BCUT2D eigenvalue weighted by Crippen LogP contribution is 2.17. The molecule has 0 aromatic rings. The zero-order valence-electron chi connectivity index (χ0n) is 35.6. The maximum atomic E-state index is 12.4. The fourth-order valence-electron chi connectivity index (χ4n) is 7.59. The first-order valence-electron chi connectivity index (χ1n) is 23.9. The molecular weight excluding hydrogens is 639 g/mol. The molecule has 2 unspecified atom stereocenters. The average molecular weight is 734 g/mol. The van der Waals surface area contributed by atoms with Gasteiger partial charge in [0, 0.05) is 6.42 Å². The van der Waals surface area contributed by atoms with E-state index in [2.05, 4.69) is 19.2 Å². The van der Waals surface area contributed by atoms with Crippen molar-refractivity contribution in [2.75, 3.05) is 6.61 Å². The number of hydrogen-bond acceptors (Lipinski definition) is 3. The van der Waals surface area contributed by atoms with E-state index >= 15 is 0 Å². The van der Waals surface area contributed by atoms with Gasteiger partial charge in [-0.3, -0.25) is 4.79 Å². The van der Waals surface area contributed by atoms with E-state index in [9.17, 15) is 15.0 Å². The lowest BCUT2D eigenvalue weighted by Crippen LogP contribution is -2.45. The molecule has 0 aliphatic rings. The van der Waals surface area contributed by atoms with E-state index in [-0.39, 0.29) is 12.5 Å². The van der Waals surface area contributed by atoms with Crippen LogP contribution in [0.5, 0.6) is 0 Å². The molecule has 0 saturated heterocycles. The van der Waals surface area contributed by atoms with E-state index in [1.165, 1.54) is 225 Å². The Balaban J connectivity index is 3.43. The van der Waals surface area contributed by atoms with Gasteiger partial charge in [-0.05, 0) is 19.3 Å². The Morgan fingerprint density at radius 2 is 0.712 bits per heavy atom. The summed E-state index contributed by atoms with van der Waals surface area (Å²) in [5, 5.41) is 23.0. The Bertz CT molecular complexity index is 710. The van der Waals surface area contributed by atoms with Crippen LogP contribution < -0.4 is 5.32 Å². The molecule has 4 heteroatoms. The van der Waals surface area contributed by atoms with E-state index in [0.717, 1.165) is 25.7 Å². The maximum Gasteiger partial charge on any atom is 0.220 e. The Hall–Kier alpha value is -0.870. The van der Waals surface area contributed by atoms with Gasteiger partial charge >= 0.3 is 0 Å². The summed E-state index contributed by atoms with van der Waals surface area (Å²) in [6.45, 7) is 4.33. The molecule has 3 N–H and O–H groups in total. The highest BCUT2D eigenvalue weighted by molar-refractivity contribution is 5.76. The smallest absolute Gasteiger partial charge is 0.220 e. The average Bonchev–Trinajstić information content (AvgIpc) is 3.15. The fraction of sp³-hybridized carbons (Fsp3) is 0.938. The van der Waals surface area contributed by atoms with Crippen molar-refractivity contribution in [2.45, 2.75) is 283 Å². The second-order valence-corrected chi connectivity index (χ2v) is 16.5. The number of unbranched alkanes of at least 4 members (excludes halogenated alkanes) is 37. The first-order valence-corrected chi connectivity index (χ1v) is 23.9. The van der Waals surface area contributed by atoms with Crippen LogP contribution in [0.1, 0.15) is 271 Å². The molecule has 310 valence electrons. The van der Waals surface area contributed by atoms with Crippen LogP contribution in [0, 0.1) is 0 Å². The van der Waals surface area contributed by atoms with E-state index in [1.54, 1.807) is 6.08 Å². The van der Waals surface area contributed by atoms with Crippen molar-refractivity contribution >= 4 is 5.91 Å². The van der Waals surface area contributed by atoms with Gasteiger partial charge in [-0.2, -0.15) is 0 Å². The van der Waals surface area contributed by atoms with E-state index in [0.29, 0.717) is 6.42 Å². The monoisotopic (exact) mass is 734 g/mol. The third-order valence-corrected chi connectivity index (χ3v) is 11.3. The van der Waals surface area contributed by atoms with Crippen molar-refractivity contribution in [1.82, 2.24) is 5.32 Å². The second-order valence-electron chi connectivity index (χ2n) is 16.5. The van der Waals surface area contributed by atoms with Gasteiger partial charge in [-0.15, -0.1) is 0 Å². The van der Waals surface area contributed by atoms with Gasteiger partial charge in [0.2, 0.25) is 5.91 Å². The normalized spacial score (nSPS) is 12.9. The minimum absolute atomic E-state index is 0.0588. The molecule has 1 amide bonds. The minimum atomic E-state index is -0.833. The molecule has 0 aliphatic heterocycles. The summed E-state index contributed by atoms with van der Waals surface area (Å²) in [6, 6.07) is -0.616. The fourth-order valence-corrected chi connectivity index (χ4v) is 7.59. The molecule has 0 aromatic carbocycles. The number of carbonyl (C=O) groups excluding carboxylic acids is 1. The van der Waals surface area contributed by atoms with Crippen molar-refractivity contribution in [3.05, 3.63) is 12.2 Å². The standard InChI is InChI=1S/C48H95NO3/c1-3-5-7-9-11-13-15-17-18-19-20-21-22-23-24-25-26-27-28-29-30-32-34-36-38-40-42-44-48(52)49-46(45-50)47(51)43-41-39-37-35-33-31-16-14-12-10-8-6-4-2/h41,43,46-47,50-51H,3-40,42,44-45H2,1-2H3,(H,49,52). The highest BCUT2D eigenvalue weighted by atomic mass is 16.3. The van der Waals surface area contributed by atoms with Gasteiger partial charge in [0.1, 0.15) is 0 Å². The van der Waals surface area contributed by atoms with Gasteiger partial charge in [-0.1, -0.05) is 257 Å². The van der Waals surface area contributed by atoms with E-state index in [1.807, 2.05) is 6.08 Å². The van der Waals surface area contributed by atoms with E-state index < -0.39 is 12.1 Å². The van der Waals surface area contributed by atoms with Crippen molar-refractivity contribution in [2.24, 2.45) is 0 Å². The van der Waals surface area contributed by atoms with Crippen LogP contribution in [0.25, 0.3) is 0 Å². The lowest BCUT2D eigenvalue weighted by atomic mass is 10.0. The van der Waals surface area contributed by atoms with Gasteiger partial charge in [0.25, 0.3) is 0 Å². The van der Waals surface area contributed by atoms with Crippen molar-refractivity contribution in [3.63, 3.8) is 0 Å². The van der Waals surface area contributed by atoms with Crippen LogP contribution in [0.4, 0.5) is 0 Å². The first kappa shape index (κ1) is 51.1. The van der Waals surface area contributed by atoms with Crippen LogP contribution in [0.2, 0.25) is 0 Å². The molecule has 0 rings (SSSR count). The van der Waals surface area contributed by atoms with Gasteiger partial charge in [0.05, 0.1) is 18.8 Å². The molecule has 0 bridgehead atoms. The molecule has 0 aliphatic carbocycles. The summed E-state index contributed by atoms with van der Waals surface area (Å²) in [4.78, 5) is 12.4. The number of aliphatic hydroxyl groups is 2. The van der Waals surface area contributed by atoms with Crippen LogP contribution in [0.15, 0.2) is 12.2 Å². The topological polar surface area (TPSA) is 69.6 Å². The quantitative estimate of drug-likeness (QED) is 0.0431. The third-order valence-electron chi connectivity index (χ3n) is 11.3. The number of nitrogens with one attached hydrogen (secondary N) is 1. The summed E-state index contributed by atoms with van der Waals surface area (Å²) < 4.78 is 0.